The Morgan fingerprint density at radius 2 is 1.79 bits per heavy atom. The molecule has 144 valence electrons. The summed E-state index contributed by atoms with van der Waals surface area (Å²) in [5.41, 5.74) is -1.15. The zero-order valence-corrected chi connectivity index (χ0v) is 16.6. The average molecular weight is 438 g/mol. The first kappa shape index (κ1) is 20.4. The summed E-state index contributed by atoms with van der Waals surface area (Å²) in [6.07, 6.45) is 0. The lowest BCUT2D eigenvalue weighted by atomic mass is 9.99. The highest BCUT2D eigenvalue weighted by Gasteiger charge is 2.48. The Balaban J connectivity index is 1.68. The molecule has 3 rings (SSSR count). The van der Waals surface area contributed by atoms with E-state index in [2.05, 4.69) is 0 Å². The Labute approximate surface area is 171 Å². The number of hydrogen-bond acceptors (Lipinski definition) is 6. The number of benzene rings is 2. The molecule has 1 heterocycles. The molecule has 0 unspecified atom stereocenters. The monoisotopic (exact) mass is 437 g/mol. The number of β-amino-alcohol motifs (C(OH)–C–C–N with tert-alkyl or cyclic N) is 1. The Morgan fingerprint density at radius 1 is 1.11 bits per heavy atom. The summed E-state index contributed by atoms with van der Waals surface area (Å²) >= 11 is 11.7. The van der Waals surface area contributed by atoms with Crippen molar-refractivity contribution in [1.29, 1.82) is 10.5 Å². The summed E-state index contributed by atoms with van der Waals surface area (Å²) < 4.78 is 32.0. The van der Waals surface area contributed by atoms with Gasteiger partial charge in [-0.25, -0.2) is 8.42 Å². The highest BCUT2D eigenvalue weighted by molar-refractivity contribution is 7.89. The normalized spacial score (nSPS) is 15.9. The fourth-order valence-electron chi connectivity index (χ4n) is 2.72. The van der Waals surface area contributed by atoms with E-state index in [-0.39, 0.29) is 40.2 Å². The molecule has 0 saturated carbocycles. The minimum absolute atomic E-state index is 0.0635. The molecule has 28 heavy (non-hydrogen) atoms. The predicted molar refractivity (Wildman–Crippen MR) is 102 cm³/mol. The molecule has 0 aliphatic carbocycles. The SMILES string of the molecule is N#Cc1ccc(OCC2(O)CN(S(=O)(=O)c3ccc(Cl)cc3C#N)C2)cc1Cl. The van der Waals surface area contributed by atoms with Crippen LogP contribution in [0.1, 0.15) is 11.1 Å². The lowest BCUT2D eigenvalue weighted by Gasteiger charge is -2.44. The third-order valence-electron chi connectivity index (χ3n) is 4.19. The van der Waals surface area contributed by atoms with Crippen LogP contribution in [0.5, 0.6) is 5.75 Å². The zero-order chi connectivity index (χ0) is 20.5. The summed E-state index contributed by atoms with van der Waals surface area (Å²) in [4.78, 5) is -0.166. The van der Waals surface area contributed by atoms with E-state index < -0.39 is 15.6 Å². The number of hydrogen-bond donors (Lipinski definition) is 1. The Morgan fingerprint density at radius 3 is 2.39 bits per heavy atom. The molecular formula is C18H13Cl2N3O4S. The second kappa shape index (κ2) is 7.59. The summed E-state index contributed by atoms with van der Waals surface area (Å²) in [5.74, 6) is 0.350. The predicted octanol–water partition coefficient (Wildman–Crippen LogP) is 2.55. The van der Waals surface area contributed by atoms with Gasteiger partial charge in [0.1, 0.15) is 35.0 Å². The van der Waals surface area contributed by atoms with Gasteiger partial charge in [0.25, 0.3) is 0 Å². The van der Waals surface area contributed by atoms with Gasteiger partial charge in [-0.2, -0.15) is 14.8 Å². The first-order valence-corrected chi connectivity index (χ1v) is 10.1. The second-order valence-electron chi connectivity index (χ2n) is 6.29. The molecule has 1 fully saturated rings. The third kappa shape index (κ3) is 3.93. The van der Waals surface area contributed by atoms with Crippen molar-refractivity contribution in [3.63, 3.8) is 0 Å². The third-order valence-corrected chi connectivity index (χ3v) is 6.59. The highest BCUT2D eigenvalue weighted by Crippen LogP contribution is 2.31. The van der Waals surface area contributed by atoms with E-state index in [4.69, 9.17) is 38.5 Å². The molecule has 1 N–H and O–H groups in total. The van der Waals surface area contributed by atoms with E-state index in [1.54, 1.807) is 0 Å². The summed E-state index contributed by atoms with van der Waals surface area (Å²) in [6, 6.07) is 12.1. The van der Waals surface area contributed by atoms with E-state index in [1.807, 2.05) is 12.1 Å². The average Bonchev–Trinajstić information content (AvgIpc) is 2.63. The van der Waals surface area contributed by atoms with Gasteiger partial charge in [0.05, 0.1) is 16.1 Å². The summed E-state index contributed by atoms with van der Waals surface area (Å²) in [5, 5.41) is 29.0. The lowest BCUT2D eigenvalue weighted by molar-refractivity contribution is -0.0868. The number of nitrogens with zero attached hydrogens (tertiary/aromatic N) is 3. The van der Waals surface area contributed by atoms with Crippen molar-refractivity contribution >= 4 is 33.2 Å². The molecule has 1 aliphatic heterocycles. The van der Waals surface area contributed by atoms with E-state index in [9.17, 15) is 13.5 Å². The highest BCUT2D eigenvalue weighted by atomic mass is 35.5. The van der Waals surface area contributed by atoms with Gasteiger partial charge in [0.15, 0.2) is 0 Å². The number of ether oxygens (including phenoxy) is 1. The fraction of sp³-hybridized carbons (Fsp3) is 0.222. The topological polar surface area (TPSA) is 114 Å². The maximum absolute atomic E-state index is 12.7. The van der Waals surface area contributed by atoms with Gasteiger partial charge in [-0.05, 0) is 30.3 Å². The van der Waals surface area contributed by atoms with Crippen LogP contribution in [0, 0.1) is 22.7 Å². The van der Waals surface area contributed by atoms with Crippen LogP contribution >= 0.6 is 23.2 Å². The van der Waals surface area contributed by atoms with E-state index >= 15 is 0 Å². The van der Waals surface area contributed by atoms with E-state index in [0.717, 1.165) is 4.31 Å². The largest absolute Gasteiger partial charge is 0.490 e. The van der Waals surface area contributed by atoms with Crippen molar-refractivity contribution in [2.24, 2.45) is 0 Å². The number of sulfonamides is 1. The van der Waals surface area contributed by atoms with Gasteiger partial charge in [-0.3, -0.25) is 0 Å². The fourth-order valence-corrected chi connectivity index (χ4v) is 4.83. The van der Waals surface area contributed by atoms with Gasteiger partial charge in [-0.1, -0.05) is 23.2 Å². The zero-order valence-electron chi connectivity index (χ0n) is 14.3. The maximum atomic E-state index is 12.7. The summed E-state index contributed by atoms with van der Waals surface area (Å²) in [7, 11) is -3.95. The van der Waals surface area contributed by atoms with Crippen molar-refractivity contribution in [2.75, 3.05) is 19.7 Å². The van der Waals surface area contributed by atoms with Crippen LogP contribution in [0.15, 0.2) is 41.3 Å². The molecule has 7 nitrogen and oxygen atoms in total. The molecule has 0 spiro atoms. The van der Waals surface area contributed by atoms with E-state index in [1.165, 1.54) is 36.4 Å². The molecule has 10 heteroatoms. The van der Waals surface area contributed by atoms with Gasteiger partial charge in [0.2, 0.25) is 10.0 Å². The minimum atomic E-state index is -3.95. The summed E-state index contributed by atoms with van der Waals surface area (Å²) in [6.45, 7) is -0.535. The minimum Gasteiger partial charge on any atom is -0.490 e. The molecule has 0 amide bonds. The quantitative estimate of drug-likeness (QED) is 0.768. The van der Waals surface area contributed by atoms with Crippen molar-refractivity contribution < 1.29 is 18.3 Å². The molecule has 1 saturated heterocycles. The Kier molecular flexibility index (Phi) is 5.53. The van der Waals surface area contributed by atoms with Crippen LogP contribution in [0.4, 0.5) is 0 Å². The van der Waals surface area contributed by atoms with Crippen molar-refractivity contribution in [2.45, 2.75) is 10.5 Å². The molecule has 1 aliphatic rings. The number of aliphatic hydroxyl groups is 1. The molecule has 0 atom stereocenters. The Hall–Kier alpha value is -2.33. The molecule has 2 aromatic carbocycles. The van der Waals surface area contributed by atoms with Gasteiger partial charge < -0.3 is 9.84 Å². The van der Waals surface area contributed by atoms with E-state index in [0.29, 0.717) is 11.3 Å². The molecule has 2 aromatic rings. The van der Waals surface area contributed by atoms with Crippen molar-refractivity contribution in [3.8, 4) is 17.9 Å². The van der Waals surface area contributed by atoms with Crippen molar-refractivity contribution in [1.82, 2.24) is 4.31 Å². The van der Waals surface area contributed by atoms with Crippen LogP contribution in [0.3, 0.4) is 0 Å². The number of halogens is 2. The van der Waals surface area contributed by atoms with Crippen LogP contribution in [0.25, 0.3) is 0 Å². The lowest BCUT2D eigenvalue weighted by Crippen LogP contribution is -2.65. The molecule has 0 aromatic heterocycles. The smallest absolute Gasteiger partial charge is 0.244 e. The number of rotatable bonds is 5. The van der Waals surface area contributed by atoms with Crippen LogP contribution in [-0.2, 0) is 10.0 Å². The van der Waals surface area contributed by atoms with Crippen LogP contribution in [-0.4, -0.2) is 43.1 Å². The van der Waals surface area contributed by atoms with Crippen molar-refractivity contribution in [3.05, 3.63) is 57.6 Å². The Bertz CT molecular complexity index is 1120. The first-order chi connectivity index (χ1) is 13.2. The van der Waals surface area contributed by atoms with Crippen LogP contribution in [0.2, 0.25) is 10.0 Å². The molecule has 0 bridgehead atoms. The standard InChI is InChI=1S/C18H13Cl2N3O4S/c19-14-2-4-17(13(5-14)8-22)28(25,26)23-9-18(24,10-23)11-27-15-3-1-12(7-21)16(20)6-15/h1-6,24H,9-11H2. The molecule has 0 radical (unpaired) electrons. The molecular weight excluding hydrogens is 425 g/mol. The van der Waals surface area contributed by atoms with Gasteiger partial charge >= 0.3 is 0 Å². The first-order valence-electron chi connectivity index (χ1n) is 7.93. The van der Waals surface area contributed by atoms with Gasteiger partial charge in [0, 0.05) is 24.2 Å². The number of nitriles is 2. The van der Waals surface area contributed by atoms with Gasteiger partial charge in [-0.15, -0.1) is 0 Å². The van der Waals surface area contributed by atoms with Crippen LogP contribution < -0.4 is 4.74 Å². The maximum Gasteiger partial charge on any atom is 0.244 e. The second-order valence-corrected chi connectivity index (χ2v) is 9.04.